The summed E-state index contributed by atoms with van der Waals surface area (Å²) in [4.78, 5) is 15.5. The van der Waals surface area contributed by atoms with Crippen molar-refractivity contribution < 1.29 is 0 Å². The molecule has 0 N–H and O–H groups in total. The molecule has 1 aliphatic carbocycles. The molecule has 2 heterocycles. The van der Waals surface area contributed by atoms with Gasteiger partial charge in [-0.05, 0) is 48.6 Å². The van der Waals surface area contributed by atoms with Gasteiger partial charge in [0, 0.05) is 18.1 Å². The zero-order valence-corrected chi connectivity index (χ0v) is 14.2. The molecule has 4 heteroatoms. The van der Waals surface area contributed by atoms with Gasteiger partial charge in [-0.2, -0.15) is 0 Å². The minimum atomic E-state index is 0.0648. The number of hydrogen-bond acceptors (Lipinski definition) is 4. The van der Waals surface area contributed by atoms with E-state index in [1.807, 2.05) is 72.9 Å². The van der Waals surface area contributed by atoms with Crippen LogP contribution in [0.2, 0.25) is 0 Å². The van der Waals surface area contributed by atoms with Gasteiger partial charge in [-0.25, -0.2) is 15.0 Å². The van der Waals surface area contributed by atoms with Gasteiger partial charge < -0.3 is 4.90 Å². The highest BCUT2D eigenvalue weighted by Crippen LogP contribution is 2.28. The van der Waals surface area contributed by atoms with E-state index in [9.17, 15) is 0 Å². The van der Waals surface area contributed by atoms with Crippen LogP contribution >= 0.6 is 0 Å². The van der Waals surface area contributed by atoms with E-state index in [0.717, 1.165) is 17.2 Å². The molecule has 0 radical (unpaired) electrons. The van der Waals surface area contributed by atoms with Crippen molar-refractivity contribution in [2.75, 3.05) is 4.90 Å². The Hall–Kier alpha value is -3.53. The summed E-state index contributed by atoms with van der Waals surface area (Å²) in [5.74, 6) is 1.61. The molecule has 126 valence electrons. The van der Waals surface area contributed by atoms with Gasteiger partial charge in [0.1, 0.15) is 5.82 Å². The molecule has 0 aliphatic heterocycles. The molecule has 4 rings (SSSR count). The van der Waals surface area contributed by atoms with Gasteiger partial charge in [-0.1, -0.05) is 42.5 Å². The first-order valence-corrected chi connectivity index (χ1v) is 8.51. The number of aromatic nitrogens is 2. The molecule has 0 spiro atoms. The third kappa shape index (κ3) is 3.59. The lowest BCUT2D eigenvalue weighted by molar-refractivity contribution is 0.916. The van der Waals surface area contributed by atoms with Crippen LogP contribution in [0.3, 0.4) is 0 Å². The van der Waals surface area contributed by atoms with E-state index >= 15 is 0 Å². The zero-order valence-electron chi connectivity index (χ0n) is 14.2. The van der Waals surface area contributed by atoms with Gasteiger partial charge in [-0.15, -0.1) is 0 Å². The van der Waals surface area contributed by atoms with Crippen molar-refractivity contribution in [3.8, 4) is 0 Å². The van der Waals surface area contributed by atoms with Crippen LogP contribution in [0.15, 0.2) is 108 Å². The molecule has 1 aliphatic rings. The normalized spacial score (nSPS) is 15.7. The lowest BCUT2D eigenvalue weighted by atomic mass is 10.1. The van der Waals surface area contributed by atoms with Gasteiger partial charge >= 0.3 is 0 Å². The molecule has 1 aromatic carbocycles. The van der Waals surface area contributed by atoms with Gasteiger partial charge in [0.05, 0.1) is 11.8 Å². The summed E-state index contributed by atoms with van der Waals surface area (Å²) in [6.45, 7) is 0. The molecule has 4 nitrogen and oxygen atoms in total. The Labute approximate surface area is 152 Å². The van der Waals surface area contributed by atoms with Crippen LogP contribution in [0.4, 0.5) is 17.3 Å². The van der Waals surface area contributed by atoms with E-state index in [4.69, 9.17) is 0 Å². The molecule has 3 aromatic rings. The van der Waals surface area contributed by atoms with Gasteiger partial charge in [0.15, 0.2) is 5.82 Å². The van der Waals surface area contributed by atoms with E-state index in [-0.39, 0.29) is 6.04 Å². The van der Waals surface area contributed by atoms with Crippen molar-refractivity contribution in [3.63, 3.8) is 0 Å². The van der Waals surface area contributed by atoms with Crippen molar-refractivity contribution in [1.82, 2.24) is 9.97 Å². The quantitative estimate of drug-likeness (QED) is 0.680. The summed E-state index contributed by atoms with van der Waals surface area (Å²) in [5, 5.41) is 0. The predicted octanol–water partition coefficient (Wildman–Crippen LogP) is 4.88. The Bertz CT molecular complexity index is 876. The molecule has 0 fully saturated rings. The maximum absolute atomic E-state index is 4.56. The summed E-state index contributed by atoms with van der Waals surface area (Å²) in [5.41, 5.74) is 1.98. The lowest BCUT2D eigenvalue weighted by Gasteiger charge is -2.30. The van der Waals surface area contributed by atoms with Crippen molar-refractivity contribution in [2.45, 2.75) is 6.04 Å². The Balaban J connectivity index is 1.64. The second-order valence-electron chi connectivity index (χ2n) is 5.83. The smallest absolute Gasteiger partial charge is 0.152 e. The zero-order chi connectivity index (χ0) is 17.6. The topological polar surface area (TPSA) is 41.4 Å². The van der Waals surface area contributed by atoms with E-state index in [2.05, 4.69) is 44.1 Å². The number of benzene rings is 1. The first kappa shape index (κ1) is 16.0. The maximum atomic E-state index is 4.56. The number of aliphatic imine (C=N–C) groups is 1. The second kappa shape index (κ2) is 7.57. The predicted molar refractivity (Wildman–Crippen MR) is 106 cm³/mol. The number of allylic oxidation sites excluding steroid dienone is 2. The van der Waals surface area contributed by atoms with Crippen LogP contribution in [-0.4, -0.2) is 21.7 Å². The van der Waals surface area contributed by atoms with Crippen LogP contribution < -0.4 is 4.90 Å². The maximum Gasteiger partial charge on any atom is 0.152 e. The van der Waals surface area contributed by atoms with Crippen molar-refractivity contribution in [2.24, 2.45) is 4.99 Å². The molecule has 0 amide bonds. The molecule has 0 saturated carbocycles. The van der Waals surface area contributed by atoms with Crippen molar-refractivity contribution in [1.29, 1.82) is 0 Å². The highest BCUT2D eigenvalue weighted by atomic mass is 15.2. The SMILES string of the molecule is C1=CC(N(c2ccccc2)c2ccccn2)C=CC1=Nc1ccccn1. The fraction of sp³-hybridized carbons (Fsp3) is 0.0455. The highest BCUT2D eigenvalue weighted by Gasteiger charge is 2.19. The van der Waals surface area contributed by atoms with E-state index in [1.165, 1.54) is 0 Å². The summed E-state index contributed by atoms with van der Waals surface area (Å²) in [6, 6.07) is 22.0. The molecule has 0 atom stereocenters. The fourth-order valence-corrected chi connectivity index (χ4v) is 2.85. The third-order valence-corrected chi connectivity index (χ3v) is 4.05. The molecule has 0 unspecified atom stereocenters. The van der Waals surface area contributed by atoms with Crippen LogP contribution in [0.1, 0.15) is 0 Å². The second-order valence-corrected chi connectivity index (χ2v) is 5.83. The van der Waals surface area contributed by atoms with Crippen molar-refractivity contribution in [3.05, 3.63) is 103 Å². The van der Waals surface area contributed by atoms with Gasteiger partial charge in [-0.3, -0.25) is 0 Å². The Kier molecular flexibility index (Phi) is 4.65. The molecule has 0 saturated heterocycles. The Morgan fingerprint density at radius 1 is 0.731 bits per heavy atom. The summed E-state index contributed by atoms with van der Waals surface area (Å²) < 4.78 is 0. The number of nitrogens with zero attached hydrogens (tertiary/aromatic N) is 4. The average molecular weight is 338 g/mol. The van der Waals surface area contributed by atoms with Crippen LogP contribution in [-0.2, 0) is 0 Å². The number of pyridine rings is 2. The van der Waals surface area contributed by atoms with E-state index in [1.54, 1.807) is 6.20 Å². The van der Waals surface area contributed by atoms with E-state index in [0.29, 0.717) is 5.82 Å². The minimum absolute atomic E-state index is 0.0648. The number of rotatable bonds is 4. The Morgan fingerprint density at radius 3 is 2.08 bits per heavy atom. The largest absolute Gasteiger partial charge is 0.316 e. The summed E-state index contributed by atoms with van der Waals surface area (Å²) in [7, 11) is 0. The molecular weight excluding hydrogens is 320 g/mol. The third-order valence-electron chi connectivity index (χ3n) is 4.05. The number of para-hydroxylation sites is 1. The first-order chi connectivity index (χ1) is 12.9. The fourth-order valence-electron chi connectivity index (χ4n) is 2.85. The molecule has 0 bridgehead atoms. The standard InChI is InChI=1S/C22H18N4/c1-2-8-19(9-3-1)26(22-11-5-7-17-24-22)20-14-12-18(13-15-20)25-21-10-4-6-16-23-21/h1-17,20H. The monoisotopic (exact) mass is 338 g/mol. The number of anilines is 2. The summed E-state index contributed by atoms with van der Waals surface area (Å²) in [6.07, 6.45) is 11.9. The van der Waals surface area contributed by atoms with Crippen LogP contribution in [0.5, 0.6) is 0 Å². The van der Waals surface area contributed by atoms with Crippen LogP contribution in [0, 0.1) is 0 Å². The minimum Gasteiger partial charge on any atom is -0.316 e. The van der Waals surface area contributed by atoms with Gasteiger partial charge in [0.25, 0.3) is 0 Å². The molecular formula is C22H18N4. The van der Waals surface area contributed by atoms with Gasteiger partial charge in [0.2, 0.25) is 0 Å². The van der Waals surface area contributed by atoms with Crippen LogP contribution in [0.25, 0.3) is 0 Å². The average Bonchev–Trinajstić information content (AvgIpc) is 2.72. The molecule has 26 heavy (non-hydrogen) atoms. The van der Waals surface area contributed by atoms with E-state index < -0.39 is 0 Å². The molecule has 2 aromatic heterocycles. The summed E-state index contributed by atoms with van der Waals surface area (Å²) >= 11 is 0. The highest BCUT2D eigenvalue weighted by molar-refractivity contribution is 6.06. The Morgan fingerprint density at radius 2 is 1.42 bits per heavy atom. The number of hydrogen-bond donors (Lipinski definition) is 0. The lowest BCUT2D eigenvalue weighted by Crippen LogP contribution is -2.30. The van der Waals surface area contributed by atoms with Crippen molar-refractivity contribution >= 4 is 23.0 Å². The first-order valence-electron chi connectivity index (χ1n) is 8.51.